The summed E-state index contributed by atoms with van der Waals surface area (Å²) in [5, 5.41) is 13.1. The summed E-state index contributed by atoms with van der Waals surface area (Å²) in [5.74, 6) is 0.102. The molecular formula is C12H19N3O2. The molecule has 0 bridgehead atoms. The lowest BCUT2D eigenvalue weighted by atomic mass is 10.1. The molecule has 1 amide bonds. The smallest absolute Gasteiger partial charge is 0.247 e. The zero-order valence-electron chi connectivity index (χ0n) is 10.1. The Bertz CT molecular complexity index is 364. The minimum absolute atomic E-state index is 0.102. The van der Waals surface area contributed by atoms with Crippen molar-refractivity contribution < 1.29 is 9.90 Å². The first kappa shape index (κ1) is 12.1. The third-order valence-corrected chi connectivity index (χ3v) is 3.40. The molecule has 1 fully saturated rings. The van der Waals surface area contributed by atoms with Crippen LogP contribution in [-0.4, -0.2) is 44.9 Å². The predicted octanol–water partition coefficient (Wildman–Crippen LogP) is 0.817. The van der Waals surface area contributed by atoms with E-state index < -0.39 is 0 Å². The fourth-order valence-electron chi connectivity index (χ4n) is 2.44. The van der Waals surface area contributed by atoms with Crippen molar-refractivity contribution in [3.05, 3.63) is 18.5 Å². The summed E-state index contributed by atoms with van der Waals surface area (Å²) >= 11 is 0. The molecule has 1 saturated heterocycles. The number of hydrogen-bond acceptors (Lipinski definition) is 3. The molecular weight excluding hydrogens is 218 g/mol. The Kier molecular flexibility index (Phi) is 3.78. The number of nitrogens with zero attached hydrogens (tertiary/aromatic N) is 3. The second-order valence-electron chi connectivity index (χ2n) is 4.50. The molecule has 1 aliphatic heterocycles. The van der Waals surface area contributed by atoms with Crippen LogP contribution in [0.25, 0.3) is 0 Å². The van der Waals surface area contributed by atoms with E-state index in [-0.39, 0.29) is 24.6 Å². The van der Waals surface area contributed by atoms with Gasteiger partial charge in [-0.25, -0.2) is 0 Å². The van der Waals surface area contributed by atoms with Gasteiger partial charge < -0.3 is 10.0 Å². The number of likely N-dealkylation sites (tertiary alicyclic amines) is 1. The van der Waals surface area contributed by atoms with E-state index >= 15 is 0 Å². The van der Waals surface area contributed by atoms with Crippen molar-refractivity contribution in [2.45, 2.75) is 38.3 Å². The molecule has 1 aliphatic rings. The maximum absolute atomic E-state index is 12.3. The van der Waals surface area contributed by atoms with Crippen molar-refractivity contribution in [3.8, 4) is 0 Å². The number of aliphatic hydroxyl groups is 1. The van der Waals surface area contributed by atoms with Crippen LogP contribution in [0.3, 0.4) is 0 Å². The topological polar surface area (TPSA) is 58.4 Å². The van der Waals surface area contributed by atoms with E-state index in [9.17, 15) is 4.79 Å². The van der Waals surface area contributed by atoms with Crippen molar-refractivity contribution in [2.75, 3.05) is 13.2 Å². The van der Waals surface area contributed by atoms with Gasteiger partial charge in [-0.3, -0.25) is 9.48 Å². The van der Waals surface area contributed by atoms with Crippen molar-refractivity contribution in [1.82, 2.24) is 14.7 Å². The van der Waals surface area contributed by atoms with Gasteiger partial charge in [0.2, 0.25) is 5.91 Å². The van der Waals surface area contributed by atoms with Crippen LogP contribution in [0.4, 0.5) is 0 Å². The largest absolute Gasteiger partial charge is 0.396 e. The van der Waals surface area contributed by atoms with E-state index in [4.69, 9.17) is 5.11 Å². The minimum atomic E-state index is -0.260. The first-order valence-electron chi connectivity index (χ1n) is 6.14. The molecule has 2 heterocycles. The van der Waals surface area contributed by atoms with Crippen molar-refractivity contribution in [1.29, 1.82) is 0 Å². The highest BCUT2D eigenvalue weighted by Crippen LogP contribution is 2.23. The zero-order valence-corrected chi connectivity index (χ0v) is 10.1. The average molecular weight is 237 g/mol. The molecule has 0 radical (unpaired) electrons. The minimum Gasteiger partial charge on any atom is -0.396 e. The number of amides is 1. The van der Waals surface area contributed by atoms with Crippen molar-refractivity contribution in [2.24, 2.45) is 0 Å². The Morgan fingerprint density at radius 3 is 3.12 bits per heavy atom. The maximum atomic E-state index is 12.3. The molecule has 94 valence electrons. The summed E-state index contributed by atoms with van der Waals surface area (Å²) in [6.07, 6.45) is 6.19. The summed E-state index contributed by atoms with van der Waals surface area (Å²) in [7, 11) is 0. The molecule has 1 N–H and O–H groups in total. The molecule has 17 heavy (non-hydrogen) atoms. The van der Waals surface area contributed by atoms with Gasteiger partial charge in [-0.2, -0.15) is 5.10 Å². The van der Waals surface area contributed by atoms with Crippen molar-refractivity contribution in [3.63, 3.8) is 0 Å². The predicted molar refractivity (Wildman–Crippen MR) is 63.4 cm³/mol. The first-order chi connectivity index (χ1) is 8.24. The molecule has 0 aromatic carbocycles. The van der Waals surface area contributed by atoms with Gasteiger partial charge >= 0.3 is 0 Å². The second kappa shape index (κ2) is 5.31. The van der Waals surface area contributed by atoms with Gasteiger partial charge in [0.25, 0.3) is 0 Å². The summed E-state index contributed by atoms with van der Waals surface area (Å²) in [5.41, 5.74) is 0. The Morgan fingerprint density at radius 1 is 1.65 bits per heavy atom. The van der Waals surface area contributed by atoms with Gasteiger partial charge in [-0.05, 0) is 32.3 Å². The number of aromatic nitrogens is 2. The van der Waals surface area contributed by atoms with Crippen LogP contribution in [-0.2, 0) is 4.79 Å². The Labute approximate surface area is 101 Å². The fraction of sp³-hybridized carbons (Fsp3) is 0.667. The van der Waals surface area contributed by atoms with Gasteiger partial charge in [0.15, 0.2) is 0 Å². The maximum Gasteiger partial charge on any atom is 0.247 e. The number of carbonyl (C=O) groups is 1. The van der Waals surface area contributed by atoms with E-state index in [1.54, 1.807) is 17.1 Å². The van der Waals surface area contributed by atoms with Crippen LogP contribution < -0.4 is 0 Å². The van der Waals surface area contributed by atoms with Crippen LogP contribution in [0.1, 0.15) is 32.2 Å². The quantitative estimate of drug-likeness (QED) is 0.843. The SMILES string of the molecule is CC(C(=O)N1CCCC1CCO)n1cccn1. The molecule has 2 atom stereocenters. The summed E-state index contributed by atoms with van der Waals surface area (Å²) < 4.78 is 1.68. The summed E-state index contributed by atoms with van der Waals surface area (Å²) in [6.45, 7) is 2.81. The normalized spacial score (nSPS) is 21.8. The monoisotopic (exact) mass is 237 g/mol. The van der Waals surface area contributed by atoms with E-state index in [2.05, 4.69) is 5.10 Å². The second-order valence-corrected chi connectivity index (χ2v) is 4.50. The fourth-order valence-corrected chi connectivity index (χ4v) is 2.44. The molecule has 5 nitrogen and oxygen atoms in total. The molecule has 0 spiro atoms. The molecule has 0 aliphatic carbocycles. The number of carbonyl (C=O) groups excluding carboxylic acids is 1. The Balaban J connectivity index is 2.04. The van der Waals surface area contributed by atoms with Crippen LogP contribution >= 0.6 is 0 Å². The Morgan fingerprint density at radius 2 is 2.47 bits per heavy atom. The van der Waals surface area contributed by atoms with E-state index in [0.29, 0.717) is 6.42 Å². The van der Waals surface area contributed by atoms with Crippen molar-refractivity contribution >= 4 is 5.91 Å². The van der Waals surface area contributed by atoms with E-state index in [0.717, 1.165) is 19.4 Å². The summed E-state index contributed by atoms with van der Waals surface area (Å²) in [6, 6.07) is 1.76. The van der Waals surface area contributed by atoms with E-state index in [1.807, 2.05) is 17.9 Å². The van der Waals surface area contributed by atoms with Gasteiger partial charge in [0.1, 0.15) is 6.04 Å². The average Bonchev–Trinajstić information content (AvgIpc) is 2.98. The highest BCUT2D eigenvalue weighted by Gasteiger charge is 2.31. The highest BCUT2D eigenvalue weighted by atomic mass is 16.3. The Hall–Kier alpha value is -1.36. The molecule has 2 rings (SSSR count). The summed E-state index contributed by atoms with van der Waals surface area (Å²) in [4.78, 5) is 14.2. The molecule has 1 aromatic heterocycles. The van der Waals surface area contributed by atoms with Gasteiger partial charge in [0.05, 0.1) is 0 Å². The third-order valence-electron chi connectivity index (χ3n) is 3.40. The van der Waals surface area contributed by atoms with Crippen LogP contribution in [0.5, 0.6) is 0 Å². The molecule has 0 saturated carbocycles. The lowest BCUT2D eigenvalue weighted by molar-refractivity contribution is -0.135. The first-order valence-corrected chi connectivity index (χ1v) is 6.14. The molecule has 2 unspecified atom stereocenters. The number of aliphatic hydroxyl groups excluding tert-OH is 1. The standard InChI is InChI=1S/C12H19N3O2/c1-10(15-8-3-6-13-15)12(17)14-7-2-4-11(14)5-9-16/h3,6,8,10-11,16H,2,4-5,7,9H2,1H3. The lowest BCUT2D eigenvalue weighted by Gasteiger charge is -2.27. The van der Waals surface area contributed by atoms with E-state index in [1.165, 1.54) is 0 Å². The highest BCUT2D eigenvalue weighted by molar-refractivity contribution is 5.80. The van der Waals surface area contributed by atoms with Gasteiger partial charge in [0, 0.05) is 31.6 Å². The molecule has 5 heteroatoms. The lowest BCUT2D eigenvalue weighted by Crippen LogP contribution is -2.40. The van der Waals surface area contributed by atoms with Gasteiger partial charge in [-0.15, -0.1) is 0 Å². The third kappa shape index (κ3) is 2.49. The van der Waals surface area contributed by atoms with Crippen LogP contribution in [0.2, 0.25) is 0 Å². The van der Waals surface area contributed by atoms with Crippen LogP contribution in [0, 0.1) is 0 Å². The number of hydrogen-bond donors (Lipinski definition) is 1. The van der Waals surface area contributed by atoms with Gasteiger partial charge in [-0.1, -0.05) is 0 Å². The number of rotatable bonds is 4. The zero-order chi connectivity index (χ0) is 12.3. The molecule has 1 aromatic rings. The van der Waals surface area contributed by atoms with Crippen LogP contribution in [0.15, 0.2) is 18.5 Å².